The molecule has 1 spiro atoms. The van der Waals surface area contributed by atoms with Crippen molar-refractivity contribution < 1.29 is 9.00 Å². The van der Waals surface area contributed by atoms with Crippen LogP contribution in [0.2, 0.25) is 0 Å². The molecule has 6 heteroatoms. The third-order valence-corrected chi connectivity index (χ3v) is 6.58. The number of carbonyl (C=O) groups excluding carboxylic acids is 1. The first-order valence-corrected chi connectivity index (χ1v) is 10.1. The number of hydrogen-bond acceptors (Lipinski definition) is 4. The van der Waals surface area contributed by atoms with Crippen LogP contribution in [-0.2, 0) is 15.6 Å². The molecule has 2 heterocycles. The summed E-state index contributed by atoms with van der Waals surface area (Å²) in [7, 11) is -0.832. The fraction of sp³-hybridized carbons (Fsp3) is 0.667. The Hall–Kier alpha value is -0.720. The minimum Gasteiger partial charge on any atom is -0.320 e. The summed E-state index contributed by atoms with van der Waals surface area (Å²) in [4.78, 5) is 14.8. The van der Waals surface area contributed by atoms with Gasteiger partial charge in [0.25, 0.3) is 0 Å². The van der Waals surface area contributed by atoms with Gasteiger partial charge in [-0.1, -0.05) is 19.8 Å². The maximum absolute atomic E-state index is 12.9. The quantitative estimate of drug-likeness (QED) is 0.903. The molecule has 0 aromatic carbocycles. The number of thiophene rings is 1. The molecule has 0 radical (unpaired) electrons. The monoisotopic (exact) mass is 326 g/mol. The van der Waals surface area contributed by atoms with Gasteiger partial charge in [0.05, 0.1) is 5.54 Å². The topological polar surface area (TPSA) is 49.4 Å². The Morgan fingerprint density at radius 2 is 2.24 bits per heavy atom. The van der Waals surface area contributed by atoms with Crippen LogP contribution in [0.3, 0.4) is 0 Å². The van der Waals surface area contributed by atoms with Crippen LogP contribution < -0.4 is 5.32 Å². The van der Waals surface area contributed by atoms with E-state index >= 15 is 0 Å². The largest absolute Gasteiger partial charge is 0.320 e. The highest BCUT2D eigenvalue weighted by Crippen LogP contribution is 2.41. The molecule has 2 fully saturated rings. The zero-order chi connectivity index (χ0) is 14.9. The SMILES string of the molecule is CCS(=O)CCN1C(=O)C2(CCCC2)NC1c1ccsc1. The van der Waals surface area contributed by atoms with Gasteiger partial charge in [-0.05, 0) is 35.2 Å². The Morgan fingerprint density at radius 3 is 2.86 bits per heavy atom. The summed E-state index contributed by atoms with van der Waals surface area (Å²) in [6.45, 7) is 2.50. The molecule has 0 bridgehead atoms. The lowest BCUT2D eigenvalue weighted by molar-refractivity contribution is -0.133. The summed E-state index contributed by atoms with van der Waals surface area (Å²) in [5.41, 5.74) is 0.791. The smallest absolute Gasteiger partial charge is 0.244 e. The van der Waals surface area contributed by atoms with E-state index in [0.29, 0.717) is 18.1 Å². The Labute approximate surface area is 132 Å². The van der Waals surface area contributed by atoms with Crippen molar-refractivity contribution in [2.75, 3.05) is 18.1 Å². The fourth-order valence-electron chi connectivity index (χ4n) is 3.40. The molecule has 1 amide bonds. The highest BCUT2D eigenvalue weighted by molar-refractivity contribution is 7.84. The third kappa shape index (κ3) is 2.81. The lowest BCUT2D eigenvalue weighted by Crippen LogP contribution is -2.44. The van der Waals surface area contributed by atoms with Gasteiger partial charge in [0.1, 0.15) is 6.17 Å². The van der Waals surface area contributed by atoms with Gasteiger partial charge in [-0.3, -0.25) is 14.3 Å². The van der Waals surface area contributed by atoms with Crippen LogP contribution in [0.5, 0.6) is 0 Å². The van der Waals surface area contributed by atoms with E-state index in [1.54, 1.807) is 11.3 Å². The van der Waals surface area contributed by atoms with Crippen molar-refractivity contribution in [3.63, 3.8) is 0 Å². The van der Waals surface area contributed by atoms with Crippen LogP contribution in [0.25, 0.3) is 0 Å². The average molecular weight is 326 g/mol. The molecule has 1 aromatic heterocycles. The minimum absolute atomic E-state index is 0.0456. The molecule has 2 unspecified atom stereocenters. The zero-order valence-corrected chi connectivity index (χ0v) is 14.0. The van der Waals surface area contributed by atoms with Gasteiger partial charge in [0.15, 0.2) is 0 Å². The van der Waals surface area contributed by atoms with Crippen molar-refractivity contribution in [3.05, 3.63) is 22.4 Å². The molecule has 3 rings (SSSR count). The average Bonchev–Trinajstić information content (AvgIpc) is 3.21. The van der Waals surface area contributed by atoms with Gasteiger partial charge in [-0.15, -0.1) is 0 Å². The molecule has 21 heavy (non-hydrogen) atoms. The molecular weight excluding hydrogens is 304 g/mol. The molecule has 1 saturated heterocycles. The van der Waals surface area contributed by atoms with Gasteiger partial charge in [-0.2, -0.15) is 11.3 Å². The van der Waals surface area contributed by atoms with Gasteiger partial charge >= 0.3 is 0 Å². The summed E-state index contributed by atoms with van der Waals surface area (Å²) in [5.74, 6) is 1.44. The summed E-state index contributed by atoms with van der Waals surface area (Å²) in [6.07, 6.45) is 4.04. The van der Waals surface area contributed by atoms with E-state index in [1.807, 2.05) is 17.2 Å². The predicted octanol–water partition coefficient (Wildman–Crippen LogP) is 2.26. The Balaban J connectivity index is 1.82. The first-order chi connectivity index (χ1) is 10.2. The van der Waals surface area contributed by atoms with E-state index in [1.165, 1.54) is 0 Å². The van der Waals surface area contributed by atoms with Crippen LogP contribution in [0.1, 0.15) is 44.3 Å². The van der Waals surface area contributed by atoms with Crippen molar-refractivity contribution in [1.82, 2.24) is 10.2 Å². The Bertz CT molecular complexity index is 524. The fourth-order valence-corrected chi connectivity index (χ4v) is 4.77. The molecule has 1 aliphatic carbocycles. The van der Waals surface area contributed by atoms with Crippen molar-refractivity contribution >= 4 is 28.0 Å². The van der Waals surface area contributed by atoms with Crippen LogP contribution in [0.4, 0.5) is 0 Å². The lowest BCUT2D eigenvalue weighted by Gasteiger charge is -2.23. The summed E-state index contributed by atoms with van der Waals surface area (Å²) >= 11 is 1.65. The second-order valence-corrected chi connectivity index (χ2v) is 8.47. The van der Waals surface area contributed by atoms with Gasteiger partial charge in [-0.25, -0.2) is 0 Å². The van der Waals surface area contributed by atoms with Crippen molar-refractivity contribution in [2.45, 2.75) is 44.3 Å². The second-order valence-electron chi connectivity index (χ2n) is 5.82. The van der Waals surface area contributed by atoms with Gasteiger partial charge in [0, 0.05) is 28.9 Å². The van der Waals surface area contributed by atoms with E-state index in [9.17, 15) is 9.00 Å². The predicted molar refractivity (Wildman–Crippen MR) is 86.7 cm³/mol. The highest BCUT2D eigenvalue weighted by atomic mass is 32.2. The maximum Gasteiger partial charge on any atom is 0.244 e. The molecule has 4 nitrogen and oxygen atoms in total. The number of nitrogens with one attached hydrogen (secondary N) is 1. The Kier molecular flexibility index (Phi) is 4.47. The van der Waals surface area contributed by atoms with Crippen LogP contribution in [0.15, 0.2) is 16.8 Å². The number of nitrogens with zero attached hydrogens (tertiary/aromatic N) is 1. The molecule has 1 aromatic rings. The zero-order valence-electron chi connectivity index (χ0n) is 12.3. The van der Waals surface area contributed by atoms with E-state index in [2.05, 4.69) is 16.8 Å². The van der Waals surface area contributed by atoms with E-state index in [0.717, 1.165) is 31.2 Å². The molecule has 1 N–H and O–H groups in total. The standard InChI is InChI=1S/C15H22N2O2S2/c1-2-21(19)10-8-17-13(12-5-9-20-11-12)16-15(14(17)18)6-3-4-7-15/h5,9,11,13,16H,2-4,6-8,10H2,1H3. The molecule has 2 aliphatic rings. The summed E-state index contributed by atoms with van der Waals surface area (Å²) in [5, 5.41) is 7.74. The van der Waals surface area contributed by atoms with Crippen molar-refractivity contribution in [1.29, 1.82) is 0 Å². The number of carbonyl (C=O) groups is 1. The van der Waals surface area contributed by atoms with Crippen LogP contribution >= 0.6 is 11.3 Å². The molecule has 116 valence electrons. The van der Waals surface area contributed by atoms with E-state index < -0.39 is 10.8 Å². The molecular formula is C15H22N2O2S2. The van der Waals surface area contributed by atoms with Crippen molar-refractivity contribution in [2.24, 2.45) is 0 Å². The summed E-state index contributed by atoms with van der Waals surface area (Å²) in [6, 6.07) is 2.08. The first-order valence-electron chi connectivity index (χ1n) is 7.62. The van der Waals surface area contributed by atoms with Crippen LogP contribution in [-0.4, -0.2) is 38.6 Å². The maximum atomic E-state index is 12.9. The number of rotatable bonds is 5. The Morgan fingerprint density at radius 1 is 1.48 bits per heavy atom. The van der Waals surface area contributed by atoms with Crippen LogP contribution in [0, 0.1) is 0 Å². The van der Waals surface area contributed by atoms with E-state index in [-0.39, 0.29) is 17.6 Å². The highest BCUT2D eigenvalue weighted by Gasteiger charge is 2.52. The summed E-state index contributed by atoms with van der Waals surface area (Å²) < 4.78 is 11.7. The lowest BCUT2D eigenvalue weighted by atomic mass is 9.98. The number of amides is 1. The second kappa shape index (κ2) is 6.18. The minimum atomic E-state index is -0.832. The molecule has 1 aliphatic heterocycles. The first kappa shape index (κ1) is 15.2. The van der Waals surface area contributed by atoms with Crippen molar-refractivity contribution in [3.8, 4) is 0 Å². The number of hydrogen-bond donors (Lipinski definition) is 1. The molecule has 2 atom stereocenters. The van der Waals surface area contributed by atoms with Gasteiger partial charge < -0.3 is 4.90 Å². The molecule has 1 saturated carbocycles. The van der Waals surface area contributed by atoms with Gasteiger partial charge in [0.2, 0.25) is 5.91 Å². The normalized spacial score (nSPS) is 25.9. The van der Waals surface area contributed by atoms with E-state index in [4.69, 9.17) is 0 Å². The third-order valence-electron chi connectivity index (χ3n) is 4.59.